The van der Waals surface area contributed by atoms with E-state index >= 15 is 0 Å². The number of carbonyl (C=O) groups excluding carboxylic acids is 2. The third kappa shape index (κ3) is 4.37. The average molecular weight is 262 g/mol. The summed E-state index contributed by atoms with van der Waals surface area (Å²) in [6, 6.07) is 7.42. The van der Waals surface area contributed by atoms with Crippen LogP contribution in [0.1, 0.15) is 18.4 Å². The zero-order valence-electron chi connectivity index (χ0n) is 10.9. The van der Waals surface area contributed by atoms with Gasteiger partial charge in [-0.25, -0.2) is 0 Å². The number of carbonyl (C=O) groups is 2. The Balaban J connectivity index is 1.87. The van der Waals surface area contributed by atoms with Gasteiger partial charge in [0.2, 0.25) is 11.8 Å². The van der Waals surface area contributed by atoms with Gasteiger partial charge in [0, 0.05) is 25.3 Å². The van der Waals surface area contributed by atoms with E-state index < -0.39 is 0 Å². The number of ether oxygens (including phenoxy) is 1. The smallest absolute Gasteiger partial charge is 0.250 e. The first-order valence-corrected chi connectivity index (χ1v) is 6.34. The minimum absolute atomic E-state index is 0.0304. The van der Waals surface area contributed by atoms with Crippen LogP contribution in [0.15, 0.2) is 24.3 Å². The molecule has 1 aliphatic rings. The van der Waals surface area contributed by atoms with Crippen molar-refractivity contribution in [1.82, 2.24) is 5.32 Å². The van der Waals surface area contributed by atoms with E-state index in [0.29, 0.717) is 12.2 Å². The molecule has 2 N–H and O–H groups in total. The molecule has 0 saturated heterocycles. The SMILES string of the molecule is COCC(=O)Nc1cccc(CNC(=O)C2CC2)c1. The van der Waals surface area contributed by atoms with Gasteiger partial charge in [-0.1, -0.05) is 12.1 Å². The molecule has 1 fully saturated rings. The van der Waals surface area contributed by atoms with Crippen molar-refractivity contribution in [2.24, 2.45) is 5.92 Å². The first-order valence-electron chi connectivity index (χ1n) is 6.34. The second kappa shape index (κ2) is 6.33. The van der Waals surface area contributed by atoms with E-state index in [-0.39, 0.29) is 24.3 Å². The van der Waals surface area contributed by atoms with Crippen LogP contribution in [-0.4, -0.2) is 25.5 Å². The molecule has 0 radical (unpaired) electrons. The number of rotatable bonds is 6. The molecule has 0 heterocycles. The van der Waals surface area contributed by atoms with Crippen LogP contribution in [0.25, 0.3) is 0 Å². The van der Waals surface area contributed by atoms with Crippen LogP contribution in [0.4, 0.5) is 5.69 Å². The molecular weight excluding hydrogens is 244 g/mol. The summed E-state index contributed by atoms with van der Waals surface area (Å²) in [6.07, 6.45) is 2.00. The van der Waals surface area contributed by atoms with Crippen LogP contribution in [-0.2, 0) is 20.9 Å². The van der Waals surface area contributed by atoms with Gasteiger partial charge in [0.05, 0.1) is 0 Å². The molecule has 5 heteroatoms. The Morgan fingerprint density at radius 3 is 2.84 bits per heavy atom. The van der Waals surface area contributed by atoms with E-state index in [9.17, 15) is 9.59 Å². The van der Waals surface area contributed by atoms with Crippen molar-refractivity contribution in [1.29, 1.82) is 0 Å². The minimum atomic E-state index is -0.193. The monoisotopic (exact) mass is 262 g/mol. The molecule has 0 aliphatic heterocycles. The van der Waals surface area contributed by atoms with Gasteiger partial charge in [-0.2, -0.15) is 0 Å². The summed E-state index contributed by atoms with van der Waals surface area (Å²) < 4.78 is 4.75. The fourth-order valence-corrected chi connectivity index (χ4v) is 1.77. The van der Waals surface area contributed by atoms with E-state index in [1.165, 1.54) is 7.11 Å². The average Bonchev–Trinajstić information content (AvgIpc) is 3.21. The van der Waals surface area contributed by atoms with Gasteiger partial charge < -0.3 is 15.4 Å². The van der Waals surface area contributed by atoms with Crippen LogP contribution < -0.4 is 10.6 Å². The highest BCUT2D eigenvalue weighted by Gasteiger charge is 2.29. The highest BCUT2D eigenvalue weighted by molar-refractivity contribution is 5.91. The summed E-state index contributed by atoms with van der Waals surface area (Å²) >= 11 is 0. The van der Waals surface area contributed by atoms with E-state index in [1.54, 1.807) is 6.07 Å². The van der Waals surface area contributed by atoms with Gasteiger partial charge in [-0.15, -0.1) is 0 Å². The van der Waals surface area contributed by atoms with Crippen molar-refractivity contribution in [3.8, 4) is 0 Å². The number of hydrogen-bond donors (Lipinski definition) is 2. The van der Waals surface area contributed by atoms with Crippen LogP contribution in [0, 0.1) is 5.92 Å². The summed E-state index contributed by atoms with van der Waals surface area (Å²) in [5, 5.41) is 5.62. The number of benzene rings is 1. The fraction of sp³-hybridized carbons (Fsp3) is 0.429. The maximum absolute atomic E-state index is 11.5. The highest BCUT2D eigenvalue weighted by Crippen LogP contribution is 2.28. The van der Waals surface area contributed by atoms with E-state index in [4.69, 9.17) is 4.74 Å². The Hall–Kier alpha value is -1.88. The molecule has 0 aromatic heterocycles. The normalized spacial score (nSPS) is 13.9. The predicted molar refractivity (Wildman–Crippen MR) is 71.5 cm³/mol. The van der Waals surface area contributed by atoms with Gasteiger partial charge >= 0.3 is 0 Å². The second-order valence-electron chi connectivity index (χ2n) is 4.67. The molecule has 1 aliphatic carbocycles. The van der Waals surface area contributed by atoms with Crippen molar-refractivity contribution in [3.05, 3.63) is 29.8 Å². The topological polar surface area (TPSA) is 67.4 Å². The summed E-state index contributed by atoms with van der Waals surface area (Å²) in [7, 11) is 1.48. The summed E-state index contributed by atoms with van der Waals surface area (Å²) in [5.74, 6) is 0.139. The second-order valence-corrected chi connectivity index (χ2v) is 4.67. The lowest BCUT2D eigenvalue weighted by Gasteiger charge is -2.08. The predicted octanol–water partition coefficient (Wildman–Crippen LogP) is 1.30. The number of amides is 2. The van der Waals surface area contributed by atoms with Crippen molar-refractivity contribution >= 4 is 17.5 Å². The molecule has 1 aromatic rings. The summed E-state index contributed by atoms with van der Waals surface area (Å²) in [4.78, 5) is 22.9. The summed E-state index contributed by atoms with van der Waals surface area (Å²) in [5.41, 5.74) is 1.67. The standard InChI is InChI=1S/C14H18N2O3/c1-19-9-13(17)16-12-4-2-3-10(7-12)8-15-14(18)11-5-6-11/h2-4,7,11H,5-6,8-9H2,1H3,(H,15,18)(H,16,17). The van der Waals surface area contributed by atoms with Gasteiger partial charge in [0.1, 0.15) is 6.61 Å². The molecule has 1 aromatic carbocycles. The fourth-order valence-electron chi connectivity index (χ4n) is 1.77. The van der Waals surface area contributed by atoms with Gasteiger partial charge in [-0.05, 0) is 30.5 Å². The lowest BCUT2D eigenvalue weighted by Crippen LogP contribution is -2.24. The molecule has 1 saturated carbocycles. The van der Waals surface area contributed by atoms with Gasteiger partial charge in [-0.3, -0.25) is 9.59 Å². The van der Waals surface area contributed by atoms with Gasteiger partial charge in [0.25, 0.3) is 0 Å². The molecule has 2 amide bonds. The quantitative estimate of drug-likeness (QED) is 0.812. The molecular formula is C14H18N2O3. The number of nitrogens with one attached hydrogen (secondary N) is 2. The lowest BCUT2D eigenvalue weighted by atomic mass is 10.2. The third-order valence-corrected chi connectivity index (χ3v) is 2.90. The van der Waals surface area contributed by atoms with E-state index in [0.717, 1.165) is 18.4 Å². The maximum atomic E-state index is 11.5. The number of anilines is 1. The molecule has 5 nitrogen and oxygen atoms in total. The Kier molecular flexibility index (Phi) is 4.52. The Labute approximate surface area is 112 Å². The van der Waals surface area contributed by atoms with Crippen LogP contribution in [0.5, 0.6) is 0 Å². The molecule has 2 rings (SSSR count). The summed E-state index contributed by atoms with van der Waals surface area (Å²) in [6.45, 7) is 0.520. The van der Waals surface area contributed by atoms with Crippen molar-refractivity contribution in [2.75, 3.05) is 19.0 Å². The molecule has 0 atom stereocenters. The van der Waals surface area contributed by atoms with Crippen LogP contribution in [0.3, 0.4) is 0 Å². The van der Waals surface area contributed by atoms with E-state index in [2.05, 4.69) is 10.6 Å². The minimum Gasteiger partial charge on any atom is -0.375 e. The number of hydrogen-bond acceptors (Lipinski definition) is 3. The molecule has 0 bridgehead atoms. The van der Waals surface area contributed by atoms with E-state index in [1.807, 2.05) is 18.2 Å². The Morgan fingerprint density at radius 1 is 1.37 bits per heavy atom. The first-order chi connectivity index (χ1) is 9.19. The molecule has 0 unspecified atom stereocenters. The van der Waals surface area contributed by atoms with Crippen LogP contribution >= 0.6 is 0 Å². The van der Waals surface area contributed by atoms with Crippen LogP contribution in [0.2, 0.25) is 0 Å². The Bertz CT molecular complexity index is 470. The molecule has 102 valence electrons. The first kappa shape index (κ1) is 13.5. The molecule has 0 spiro atoms. The van der Waals surface area contributed by atoms with Gasteiger partial charge in [0.15, 0.2) is 0 Å². The highest BCUT2D eigenvalue weighted by atomic mass is 16.5. The zero-order valence-corrected chi connectivity index (χ0v) is 10.9. The largest absolute Gasteiger partial charge is 0.375 e. The number of methoxy groups -OCH3 is 1. The Morgan fingerprint density at radius 2 is 2.16 bits per heavy atom. The maximum Gasteiger partial charge on any atom is 0.250 e. The third-order valence-electron chi connectivity index (χ3n) is 2.90. The van der Waals surface area contributed by atoms with Crippen molar-refractivity contribution in [3.63, 3.8) is 0 Å². The zero-order chi connectivity index (χ0) is 13.7. The van der Waals surface area contributed by atoms with Crippen molar-refractivity contribution in [2.45, 2.75) is 19.4 Å². The molecule has 19 heavy (non-hydrogen) atoms. The lowest BCUT2D eigenvalue weighted by molar-refractivity contribution is -0.122. The van der Waals surface area contributed by atoms with Crippen molar-refractivity contribution < 1.29 is 14.3 Å².